The summed E-state index contributed by atoms with van der Waals surface area (Å²) in [5.41, 5.74) is 1.61. The molecule has 1 atom stereocenters. The number of carbonyl (C=O) groups is 1. The number of hydrogen-bond acceptors (Lipinski definition) is 4. The standard InChI is InChI=1S/C12H16N2O3/c1-8-5-11(10(7-13-8)12(15)16)14-6-9-3-2-4-17-9/h5,7,9H,2-4,6H2,1H3,(H,13,14)(H,15,16). The van der Waals surface area contributed by atoms with Crippen LogP contribution in [-0.2, 0) is 4.74 Å². The minimum atomic E-state index is -0.965. The van der Waals surface area contributed by atoms with Gasteiger partial charge in [0.15, 0.2) is 0 Å². The largest absolute Gasteiger partial charge is 0.478 e. The molecule has 5 nitrogen and oxygen atoms in total. The van der Waals surface area contributed by atoms with Gasteiger partial charge in [-0.05, 0) is 25.8 Å². The van der Waals surface area contributed by atoms with Gasteiger partial charge in [0.05, 0.1) is 11.8 Å². The van der Waals surface area contributed by atoms with Crippen molar-refractivity contribution in [2.75, 3.05) is 18.5 Å². The maximum atomic E-state index is 11.0. The number of aryl methyl sites for hydroxylation is 1. The fourth-order valence-electron chi connectivity index (χ4n) is 1.91. The third-order valence-corrected chi connectivity index (χ3v) is 2.82. The summed E-state index contributed by atoms with van der Waals surface area (Å²) in [6.45, 7) is 3.28. The summed E-state index contributed by atoms with van der Waals surface area (Å²) in [4.78, 5) is 15.0. The molecule has 1 unspecified atom stereocenters. The van der Waals surface area contributed by atoms with Crippen LogP contribution in [0.15, 0.2) is 12.3 Å². The van der Waals surface area contributed by atoms with E-state index in [0.717, 1.165) is 25.1 Å². The monoisotopic (exact) mass is 236 g/mol. The Morgan fingerprint density at radius 3 is 3.18 bits per heavy atom. The lowest BCUT2D eigenvalue weighted by molar-refractivity contribution is 0.0697. The minimum Gasteiger partial charge on any atom is -0.478 e. The smallest absolute Gasteiger partial charge is 0.339 e. The summed E-state index contributed by atoms with van der Waals surface area (Å²) < 4.78 is 5.48. The number of carboxylic acid groups (broad SMARTS) is 1. The molecular weight excluding hydrogens is 220 g/mol. The van der Waals surface area contributed by atoms with Crippen molar-refractivity contribution in [3.05, 3.63) is 23.5 Å². The van der Waals surface area contributed by atoms with Gasteiger partial charge in [-0.2, -0.15) is 0 Å². The van der Waals surface area contributed by atoms with E-state index in [-0.39, 0.29) is 11.7 Å². The van der Waals surface area contributed by atoms with E-state index in [4.69, 9.17) is 9.84 Å². The Labute approximate surface area is 99.8 Å². The lowest BCUT2D eigenvalue weighted by Gasteiger charge is -2.13. The van der Waals surface area contributed by atoms with E-state index in [0.29, 0.717) is 12.2 Å². The predicted octanol–water partition coefficient (Wildman–Crippen LogP) is 1.68. The Bertz CT molecular complexity index is 414. The van der Waals surface area contributed by atoms with Crippen molar-refractivity contribution < 1.29 is 14.6 Å². The molecule has 1 aliphatic heterocycles. The van der Waals surface area contributed by atoms with E-state index >= 15 is 0 Å². The van der Waals surface area contributed by atoms with Gasteiger partial charge >= 0.3 is 5.97 Å². The Morgan fingerprint density at radius 2 is 2.53 bits per heavy atom. The molecule has 0 amide bonds. The number of hydrogen-bond donors (Lipinski definition) is 2. The number of anilines is 1. The van der Waals surface area contributed by atoms with Gasteiger partial charge in [-0.15, -0.1) is 0 Å². The first-order valence-electron chi connectivity index (χ1n) is 5.72. The van der Waals surface area contributed by atoms with Crippen molar-refractivity contribution in [3.8, 4) is 0 Å². The number of rotatable bonds is 4. The molecule has 92 valence electrons. The van der Waals surface area contributed by atoms with Gasteiger partial charge in [0.1, 0.15) is 5.56 Å². The summed E-state index contributed by atoms with van der Waals surface area (Å²) in [7, 11) is 0. The zero-order valence-corrected chi connectivity index (χ0v) is 9.77. The van der Waals surface area contributed by atoms with E-state index < -0.39 is 5.97 Å². The SMILES string of the molecule is Cc1cc(NCC2CCCO2)c(C(=O)O)cn1. The van der Waals surface area contributed by atoms with Crippen LogP contribution in [-0.4, -0.2) is 35.3 Å². The number of nitrogens with zero attached hydrogens (tertiary/aromatic N) is 1. The minimum absolute atomic E-state index is 0.185. The van der Waals surface area contributed by atoms with Gasteiger partial charge in [-0.1, -0.05) is 0 Å². The van der Waals surface area contributed by atoms with Gasteiger partial charge < -0.3 is 15.2 Å². The van der Waals surface area contributed by atoms with Gasteiger partial charge in [0, 0.05) is 25.0 Å². The number of nitrogens with one attached hydrogen (secondary N) is 1. The average molecular weight is 236 g/mol. The van der Waals surface area contributed by atoms with Crippen LogP contribution in [0.4, 0.5) is 5.69 Å². The molecule has 2 rings (SSSR count). The first kappa shape index (κ1) is 11.9. The lowest BCUT2D eigenvalue weighted by atomic mass is 10.2. The summed E-state index contributed by atoms with van der Waals surface area (Å²) in [5.74, 6) is -0.965. The molecule has 0 saturated carbocycles. The van der Waals surface area contributed by atoms with E-state index in [2.05, 4.69) is 10.3 Å². The fourth-order valence-corrected chi connectivity index (χ4v) is 1.91. The molecule has 0 aliphatic carbocycles. The summed E-state index contributed by atoms with van der Waals surface area (Å²) in [5, 5.41) is 12.2. The molecule has 1 saturated heterocycles. The quantitative estimate of drug-likeness (QED) is 0.832. The van der Waals surface area contributed by atoms with Crippen LogP contribution >= 0.6 is 0 Å². The number of aromatic nitrogens is 1. The highest BCUT2D eigenvalue weighted by molar-refractivity contribution is 5.93. The molecule has 17 heavy (non-hydrogen) atoms. The maximum Gasteiger partial charge on any atom is 0.339 e. The summed E-state index contributed by atoms with van der Waals surface area (Å²) >= 11 is 0. The lowest BCUT2D eigenvalue weighted by Crippen LogP contribution is -2.20. The van der Waals surface area contributed by atoms with Crippen LogP contribution in [0.3, 0.4) is 0 Å². The Morgan fingerprint density at radius 1 is 1.71 bits per heavy atom. The third kappa shape index (κ3) is 2.94. The van der Waals surface area contributed by atoms with Crippen LogP contribution in [0.5, 0.6) is 0 Å². The van der Waals surface area contributed by atoms with Crippen LogP contribution in [0.25, 0.3) is 0 Å². The number of aromatic carboxylic acids is 1. The van der Waals surface area contributed by atoms with Crippen LogP contribution in [0.2, 0.25) is 0 Å². The molecule has 1 fully saturated rings. The van der Waals surface area contributed by atoms with Crippen molar-refractivity contribution in [2.24, 2.45) is 0 Å². The van der Waals surface area contributed by atoms with Crippen molar-refractivity contribution in [3.63, 3.8) is 0 Å². The molecule has 1 aromatic rings. The molecule has 2 heterocycles. The van der Waals surface area contributed by atoms with E-state index in [1.54, 1.807) is 6.07 Å². The maximum absolute atomic E-state index is 11.0. The Balaban J connectivity index is 2.07. The molecule has 0 bridgehead atoms. The number of pyridine rings is 1. The number of ether oxygens (including phenoxy) is 1. The van der Waals surface area contributed by atoms with E-state index in [1.807, 2.05) is 6.92 Å². The van der Waals surface area contributed by atoms with Gasteiger partial charge in [-0.3, -0.25) is 4.98 Å². The van der Waals surface area contributed by atoms with Crippen LogP contribution in [0.1, 0.15) is 28.9 Å². The second-order valence-electron chi connectivity index (χ2n) is 4.19. The molecule has 0 spiro atoms. The molecule has 2 N–H and O–H groups in total. The first-order valence-corrected chi connectivity index (χ1v) is 5.72. The summed E-state index contributed by atoms with van der Waals surface area (Å²) in [6.07, 6.45) is 3.67. The van der Waals surface area contributed by atoms with Gasteiger partial charge in [0.2, 0.25) is 0 Å². The van der Waals surface area contributed by atoms with E-state index in [1.165, 1.54) is 6.20 Å². The molecule has 0 aromatic carbocycles. The Hall–Kier alpha value is -1.62. The van der Waals surface area contributed by atoms with Crippen LogP contribution < -0.4 is 5.32 Å². The second kappa shape index (κ2) is 5.14. The average Bonchev–Trinajstić information content (AvgIpc) is 2.78. The molecular formula is C12H16N2O3. The zero-order valence-electron chi connectivity index (χ0n) is 9.77. The van der Waals surface area contributed by atoms with Crippen molar-refractivity contribution >= 4 is 11.7 Å². The molecule has 1 aliphatic rings. The molecule has 0 radical (unpaired) electrons. The second-order valence-corrected chi connectivity index (χ2v) is 4.19. The van der Waals surface area contributed by atoms with Crippen molar-refractivity contribution in [1.82, 2.24) is 4.98 Å². The zero-order chi connectivity index (χ0) is 12.3. The Kier molecular flexibility index (Phi) is 3.58. The van der Waals surface area contributed by atoms with Crippen molar-refractivity contribution in [2.45, 2.75) is 25.9 Å². The van der Waals surface area contributed by atoms with Crippen molar-refractivity contribution in [1.29, 1.82) is 0 Å². The van der Waals surface area contributed by atoms with Gasteiger partial charge in [-0.25, -0.2) is 4.79 Å². The normalized spacial score (nSPS) is 19.2. The molecule has 1 aromatic heterocycles. The van der Waals surface area contributed by atoms with Crippen LogP contribution in [0, 0.1) is 6.92 Å². The first-order chi connectivity index (χ1) is 8.16. The highest BCUT2D eigenvalue weighted by atomic mass is 16.5. The van der Waals surface area contributed by atoms with Gasteiger partial charge in [0.25, 0.3) is 0 Å². The topological polar surface area (TPSA) is 71.5 Å². The number of carboxylic acids is 1. The summed E-state index contributed by atoms with van der Waals surface area (Å²) in [6, 6.07) is 1.75. The molecule has 5 heteroatoms. The third-order valence-electron chi connectivity index (χ3n) is 2.82. The van der Waals surface area contributed by atoms with E-state index in [9.17, 15) is 4.79 Å². The highest BCUT2D eigenvalue weighted by Crippen LogP contribution is 2.18. The highest BCUT2D eigenvalue weighted by Gasteiger charge is 2.17. The fraction of sp³-hybridized carbons (Fsp3) is 0.500. The predicted molar refractivity (Wildman–Crippen MR) is 63.4 cm³/mol.